The van der Waals surface area contributed by atoms with Crippen molar-refractivity contribution in [1.82, 2.24) is 9.29 Å². The number of halogens is 3. The molecule has 3 aromatic rings. The maximum atomic E-state index is 13.7. The molecule has 6 nitrogen and oxygen atoms in total. The highest BCUT2D eigenvalue weighted by Gasteiger charge is 2.39. The number of benzene rings is 2. The van der Waals surface area contributed by atoms with Crippen LogP contribution >= 0.6 is 11.3 Å². The number of hydrogen-bond donors (Lipinski definition) is 0. The Hall–Kier alpha value is -2.94. The second-order valence-electron chi connectivity index (χ2n) is 8.43. The van der Waals surface area contributed by atoms with Crippen molar-refractivity contribution >= 4 is 27.0 Å². The summed E-state index contributed by atoms with van der Waals surface area (Å²) in [4.78, 5) is 6.97. The summed E-state index contributed by atoms with van der Waals surface area (Å²) < 4.78 is 69.3. The van der Waals surface area contributed by atoms with E-state index >= 15 is 0 Å². The van der Waals surface area contributed by atoms with E-state index in [0.717, 1.165) is 27.2 Å². The first-order chi connectivity index (χ1) is 16.4. The van der Waals surface area contributed by atoms with Crippen LogP contribution in [0.15, 0.2) is 47.4 Å². The lowest BCUT2D eigenvalue weighted by Crippen LogP contribution is -2.54. The zero-order valence-electron chi connectivity index (χ0n) is 19.3. The van der Waals surface area contributed by atoms with Crippen LogP contribution in [0.2, 0.25) is 0 Å². The fraction of sp³-hybridized carbons (Fsp3) is 0.333. The fourth-order valence-electron chi connectivity index (χ4n) is 4.36. The molecule has 0 amide bonds. The van der Waals surface area contributed by atoms with Crippen LogP contribution in [0.25, 0.3) is 10.4 Å². The minimum Gasteiger partial charge on any atom is -0.368 e. The Balaban J connectivity index is 1.61. The molecule has 11 heteroatoms. The van der Waals surface area contributed by atoms with E-state index in [1.165, 1.54) is 38.7 Å². The summed E-state index contributed by atoms with van der Waals surface area (Å²) in [5, 5.41) is 9.89. The molecule has 0 unspecified atom stereocenters. The highest BCUT2D eigenvalue weighted by atomic mass is 32.2. The number of thiazole rings is 1. The first-order valence-corrected chi connectivity index (χ1v) is 13.1. The molecule has 1 fully saturated rings. The Morgan fingerprint density at radius 1 is 1.14 bits per heavy atom. The summed E-state index contributed by atoms with van der Waals surface area (Å²) in [5.41, 5.74) is 0.544. The Morgan fingerprint density at radius 3 is 2.49 bits per heavy atom. The van der Waals surface area contributed by atoms with Gasteiger partial charge in [-0.25, -0.2) is 13.4 Å². The quantitative estimate of drug-likeness (QED) is 0.472. The summed E-state index contributed by atoms with van der Waals surface area (Å²) in [6.45, 7) is 5.65. The molecule has 1 aliphatic rings. The van der Waals surface area contributed by atoms with Gasteiger partial charge in [0.1, 0.15) is 0 Å². The van der Waals surface area contributed by atoms with E-state index in [0.29, 0.717) is 0 Å². The Labute approximate surface area is 206 Å². The van der Waals surface area contributed by atoms with Crippen molar-refractivity contribution in [2.75, 3.05) is 24.5 Å². The number of alkyl halides is 3. The number of aromatic nitrogens is 1. The topological polar surface area (TPSA) is 77.3 Å². The van der Waals surface area contributed by atoms with Crippen LogP contribution < -0.4 is 4.90 Å². The lowest BCUT2D eigenvalue weighted by Gasteiger charge is -2.40. The van der Waals surface area contributed by atoms with Crippen molar-refractivity contribution in [2.24, 2.45) is 0 Å². The molecule has 0 N–H and O–H groups in total. The van der Waals surface area contributed by atoms with Gasteiger partial charge in [0.15, 0.2) is 0 Å². The van der Waals surface area contributed by atoms with Crippen LogP contribution in [0.4, 0.5) is 18.9 Å². The maximum Gasteiger partial charge on any atom is 0.418 e. The third-order valence-corrected chi connectivity index (χ3v) is 9.08. The van der Waals surface area contributed by atoms with Gasteiger partial charge in [-0.3, -0.25) is 0 Å². The summed E-state index contributed by atoms with van der Waals surface area (Å²) in [6.07, 6.45) is -4.64. The molecular formula is C24H23F3N4O2S2. The molecule has 2 heterocycles. The molecule has 0 aliphatic carbocycles. The van der Waals surface area contributed by atoms with Crippen LogP contribution in [-0.4, -0.2) is 43.4 Å². The number of aryl methyl sites for hydroxylation is 2. The second-order valence-corrected chi connectivity index (χ2v) is 11.5. The van der Waals surface area contributed by atoms with Crippen molar-refractivity contribution < 1.29 is 21.6 Å². The predicted octanol–water partition coefficient (Wildman–Crippen LogP) is 5.22. The number of piperazine rings is 1. The zero-order valence-corrected chi connectivity index (χ0v) is 20.9. The van der Waals surface area contributed by atoms with Crippen LogP contribution in [-0.2, 0) is 16.2 Å². The van der Waals surface area contributed by atoms with Gasteiger partial charge in [-0.15, -0.1) is 11.3 Å². The molecule has 2 aromatic carbocycles. The summed E-state index contributed by atoms with van der Waals surface area (Å²) in [6, 6.07) is 11.3. The molecular weight excluding hydrogens is 497 g/mol. The van der Waals surface area contributed by atoms with Crippen molar-refractivity contribution in [3.8, 4) is 16.5 Å². The molecule has 0 bridgehead atoms. The van der Waals surface area contributed by atoms with Gasteiger partial charge in [0.05, 0.1) is 37.7 Å². The SMILES string of the molecule is Cc1nc(C)c(-c2cccc(S(=O)(=O)N3CCN(c4ccc(C#N)cc4C(F)(F)F)C[C@H]3C)c2)s1. The van der Waals surface area contributed by atoms with E-state index in [1.807, 2.05) is 19.9 Å². The molecule has 0 saturated carbocycles. The Bertz CT molecular complexity index is 1410. The molecule has 1 aliphatic heterocycles. The van der Waals surface area contributed by atoms with E-state index in [4.69, 9.17) is 5.26 Å². The van der Waals surface area contributed by atoms with Gasteiger partial charge in [0, 0.05) is 31.4 Å². The van der Waals surface area contributed by atoms with Gasteiger partial charge in [0.2, 0.25) is 10.0 Å². The number of rotatable bonds is 4. The third-order valence-electron chi connectivity index (χ3n) is 5.94. The summed E-state index contributed by atoms with van der Waals surface area (Å²) >= 11 is 1.49. The van der Waals surface area contributed by atoms with Crippen molar-refractivity contribution in [3.05, 3.63) is 64.3 Å². The molecule has 0 spiro atoms. The van der Waals surface area contributed by atoms with Crippen LogP contribution in [0.5, 0.6) is 0 Å². The molecule has 4 rings (SSSR count). The first-order valence-electron chi connectivity index (χ1n) is 10.8. The van der Waals surface area contributed by atoms with Gasteiger partial charge in [-0.2, -0.15) is 22.7 Å². The highest BCUT2D eigenvalue weighted by Crippen LogP contribution is 2.38. The third kappa shape index (κ3) is 4.91. The predicted molar refractivity (Wildman–Crippen MR) is 129 cm³/mol. The molecule has 1 aromatic heterocycles. The normalized spacial score (nSPS) is 17.4. The van der Waals surface area contributed by atoms with Gasteiger partial charge in [-0.05, 0) is 56.7 Å². The zero-order chi connectivity index (χ0) is 25.5. The lowest BCUT2D eigenvalue weighted by atomic mass is 10.1. The monoisotopic (exact) mass is 520 g/mol. The van der Waals surface area contributed by atoms with Gasteiger partial charge < -0.3 is 4.90 Å². The van der Waals surface area contributed by atoms with Crippen LogP contribution in [0.1, 0.15) is 28.8 Å². The van der Waals surface area contributed by atoms with E-state index < -0.39 is 27.8 Å². The van der Waals surface area contributed by atoms with Crippen molar-refractivity contribution in [2.45, 2.75) is 37.9 Å². The van der Waals surface area contributed by atoms with Gasteiger partial charge in [0.25, 0.3) is 0 Å². The average Bonchev–Trinajstić information content (AvgIpc) is 3.15. The first kappa shape index (κ1) is 25.2. The number of nitriles is 1. The maximum absolute atomic E-state index is 13.7. The summed E-state index contributed by atoms with van der Waals surface area (Å²) in [5.74, 6) is 0. The molecule has 35 heavy (non-hydrogen) atoms. The molecule has 0 radical (unpaired) electrons. The van der Waals surface area contributed by atoms with Crippen molar-refractivity contribution in [1.29, 1.82) is 5.26 Å². The average molecular weight is 521 g/mol. The van der Waals surface area contributed by atoms with Crippen molar-refractivity contribution in [3.63, 3.8) is 0 Å². The van der Waals surface area contributed by atoms with Gasteiger partial charge in [-0.1, -0.05) is 12.1 Å². The smallest absolute Gasteiger partial charge is 0.368 e. The highest BCUT2D eigenvalue weighted by molar-refractivity contribution is 7.89. The van der Waals surface area contributed by atoms with E-state index in [-0.39, 0.29) is 35.8 Å². The number of hydrogen-bond acceptors (Lipinski definition) is 6. The molecule has 184 valence electrons. The largest absolute Gasteiger partial charge is 0.418 e. The number of anilines is 1. The van der Waals surface area contributed by atoms with Crippen LogP contribution in [0.3, 0.4) is 0 Å². The van der Waals surface area contributed by atoms with E-state index in [9.17, 15) is 21.6 Å². The summed E-state index contributed by atoms with van der Waals surface area (Å²) in [7, 11) is -3.88. The number of sulfonamides is 1. The van der Waals surface area contributed by atoms with E-state index in [2.05, 4.69) is 4.98 Å². The lowest BCUT2D eigenvalue weighted by molar-refractivity contribution is -0.137. The number of nitrogens with zero attached hydrogens (tertiary/aromatic N) is 4. The molecule has 1 atom stereocenters. The standard InChI is InChI=1S/C24H23F3N4O2S2/c1-15-14-30(22-8-7-18(13-28)11-21(22)24(25,26)27)9-10-31(15)35(32,33)20-6-4-5-19(12-20)23-16(2)29-17(3)34-23/h4-8,11-12,15H,9-10,14H2,1-3H3/t15-/m1/s1. The van der Waals surface area contributed by atoms with Crippen LogP contribution in [0, 0.1) is 25.2 Å². The van der Waals surface area contributed by atoms with Gasteiger partial charge >= 0.3 is 6.18 Å². The minimum absolute atomic E-state index is 0.0315. The second kappa shape index (κ2) is 9.26. The Morgan fingerprint density at radius 2 is 1.89 bits per heavy atom. The fourth-order valence-corrected chi connectivity index (χ4v) is 6.93. The minimum atomic E-state index is -4.64. The Kier molecular flexibility index (Phi) is 6.66. The van der Waals surface area contributed by atoms with E-state index in [1.54, 1.807) is 25.1 Å². The molecule has 1 saturated heterocycles.